The molecule has 2 amide bonds. The smallest absolute Gasteiger partial charge is 0.277 e. The van der Waals surface area contributed by atoms with Gasteiger partial charge in [-0.25, -0.2) is 4.98 Å². The lowest BCUT2D eigenvalue weighted by Crippen LogP contribution is -2.22. The van der Waals surface area contributed by atoms with E-state index < -0.39 is 0 Å². The van der Waals surface area contributed by atoms with Crippen molar-refractivity contribution in [3.05, 3.63) is 24.3 Å². The Morgan fingerprint density at radius 1 is 1.26 bits per heavy atom. The van der Waals surface area contributed by atoms with E-state index in [0.29, 0.717) is 10.8 Å². The van der Waals surface area contributed by atoms with Gasteiger partial charge in [0.15, 0.2) is 5.58 Å². The summed E-state index contributed by atoms with van der Waals surface area (Å²) in [6.07, 6.45) is 0.295. The summed E-state index contributed by atoms with van der Waals surface area (Å²) in [5, 5.41) is 2.83. The fourth-order valence-corrected chi connectivity index (χ4v) is 1.98. The van der Waals surface area contributed by atoms with Gasteiger partial charge in [-0.15, -0.1) is 0 Å². The molecule has 100 valence electrons. The maximum absolute atomic E-state index is 11.5. The molecule has 2 N–H and O–H groups in total. The third-order valence-corrected chi connectivity index (χ3v) is 3.06. The number of benzene rings is 1. The number of rotatable bonds is 5. The summed E-state index contributed by atoms with van der Waals surface area (Å²) in [4.78, 5) is 26.6. The van der Waals surface area contributed by atoms with Gasteiger partial charge >= 0.3 is 0 Å². The molecule has 1 heterocycles. The van der Waals surface area contributed by atoms with E-state index in [1.165, 1.54) is 7.05 Å². The number of para-hydroxylation sites is 2. The van der Waals surface area contributed by atoms with Crippen LogP contribution < -0.4 is 10.0 Å². The van der Waals surface area contributed by atoms with Crippen molar-refractivity contribution in [2.75, 3.05) is 7.05 Å². The molecule has 6 nitrogen and oxygen atoms in total. The molecule has 0 bridgehead atoms. The molecule has 0 fully saturated rings. The number of carbonyl (C=O) groups is 2. The second-order valence-corrected chi connectivity index (χ2v) is 4.51. The monoisotopic (exact) mass is 279 g/mol. The molecule has 1 aromatic carbocycles. The maximum atomic E-state index is 11.5. The second-order valence-electron chi connectivity index (χ2n) is 3.75. The van der Waals surface area contributed by atoms with Gasteiger partial charge in [0.25, 0.3) is 5.22 Å². The summed E-state index contributed by atoms with van der Waals surface area (Å²) in [6, 6.07) is 7.35. The molecule has 1 aromatic heterocycles. The average Bonchev–Trinajstić information content (AvgIpc) is 2.85. The highest BCUT2D eigenvalue weighted by Crippen LogP contribution is 2.21. The third kappa shape index (κ3) is 3.72. The van der Waals surface area contributed by atoms with Gasteiger partial charge in [-0.1, -0.05) is 12.1 Å². The third-order valence-electron chi connectivity index (χ3n) is 2.38. The van der Waals surface area contributed by atoms with Gasteiger partial charge in [0, 0.05) is 31.8 Å². The number of amides is 2. The van der Waals surface area contributed by atoms with Gasteiger partial charge in [-0.3, -0.25) is 14.3 Å². The molecule has 0 saturated heterocycles. The van der Waals surface area contributed by atoms with E-state index in [0.717, 1.165) is 17.5 Å². The van der Waals surface area contributed by atoms with E-state index in [-0.39, 0.29) is 24.7 Å². The van der Waals surface area contributed by atoms with Gasteiger partial charge < -0.3 is 9.73 Å². The summed E-state index contributed by atoms with van der Waals surface area (Å²) >= 11 is 1.00. The SMILES string of the molecule is CNC(=O)CCC(=O)NSc1nc2ccccc2o1. The van der Waals surface area contributed by atoms with Crippen molar-refractivity contribution >= 4 is 34.9 Å². The van der Waals surface area contributed by atoms with Crippen molar-refractivity contribution in [3.8, 4) is 0 Å². The Bertz CT molecular complexity index is 564. The topological polar surface area (TPSA) is 84.2 Å². The minimum atomic E-state index is -0.240. The van der Waals surface area contributed by atoms with Crippen LogP contribution in [0.3, 0.4) is 0 Å². The molecular formula is C12H13N3O3S. The van der Waals surface area contributed by atoms with Gasteiger partial charge in [0.05, 0.1) is 0 Å². The minimum Gasteiger partial charge on any atom is -0.430 e. The van der Waals surface area contributed by atoms with Crippen LogP contribution in [0.4, 0.5) is 0 Å². The zero-order valence-corrected chi connectivity index (χ0v) is 11.1. The van der Waals surface area contributed by atoms with E-state index in [1.54, 1.807) is 6.07 Å². The second kappa shape index (κ2) is 6.24. The molecule has 0 saturated carbocycles. The number of oxazole rings is 1. The first-order valence-corrected chi connectivity index (χ1v) is 6.52. The summed E-state index contributed by atoms with van der Waals surface area (Å²) < 4.78 is 8.00. The van der Waals surface area contributed by atoms with Crippen molar-refractivity contribution in [2.45, 2.75) is 18.1 Å². The van der Waals surface area contributed by atoms with E-state index in [9.17, 15) is 9.59 Å². The number of hydrogen-bond donors (Lipinski definition) is 2. The average molecular weight is 279 g/mol. The van der Waals surface area contributed by atoms with Crippen LogP contribution in [0.25, 0.3) is 11.1 Å². The molecule has 0 aliphatic heterocycles. The van der Waals surface area contributed by atoms with Gasteiger partial charge in [0.1, 0.15) is 5.52 Å². The van der Waals surface area contributed by atoms with E-state index in [1.807, 2.05) is 18.2 Å². The van der Waals surface area contributed by atoms with Gasteiger partial charge in [-0.05, 0) is 12.1 Å². The Balaban J connectivity index is 1.84. The standard InChI is InChI=1S/C12H13N3O3S/c1-13-10(16)6-7-11(17)15-19-12-14-8-4-2-3-5-9(8)18-12/h2-5H,6-7H2,1H3,(H,13,16)(H,15,17). The van der Waals surface area contributed by atoms with Crippen molar-refractivity contribution < 1.29 is 14.0 Å². The fraction of sp³-hybridized carbons (Fsp3) is 0.250. The fourth-order valence-electron chi connectivity index (χ4n) is 1.40. The molecule has 0 aliphatic carbocycles. The Morgan fingerprint density at radius 2 is 2.00 bits per heavy atom. The van der Waals surface area contributed by atoms with Crippen LogP contribution in [0.15, 0.2) is 33.9 Å². The van der Waals surface area contributed by atoms with Crippen LogP contribution >= 0.6 is 11.9 Å². The molecule has 19 heavy (non-hydrogen) atoms. The Morgan fingerprint density at radius 3 is 2.74 bits per heavy atom. The zero-order valence-electron chi connectivity index (χ0n) is 10.3. The largest absolute Gasteiger partial charge is 0.430 e. The highest BCUT2D eigenvalue weighted by molar-refractivity contribution is 7.97. The Hall–Kier alpha value is -2.02. The molecule has 2 aromatic rings. The summed E-state index contributed by atoms with van der Waals surface area (Å²) in [5.41, 5.74) is 1.41. The van der Waals surface area contributed by atoms with Crippen molar-refractivity contribution in [2.24, 2.45) is 0 Å². The van der Waals surface area contributed by atoms with Crippen LogP contribution in [0.2, 0.25) is 0 Å². The highest BCUT2D eigenvalue weighted by Gasteiger charge is 2.09. The molecule has 0 unspecified atom stereocenters. The lowest BCUT2D eigenvalue weighted by Gasteiger charge is -2.00. The highest BCUT2D eigenvalue weighted by atomic mass is 32.2. The molecule has 0 atom stereocenters. The number of carbonyl (C=O) groups excluding carboxylic acids is 2. The van der Waals surface area contributed by atoms with E-state index in [2.05, 4.69) is 15.0 Å². The predicted octanol–water partition coefficient (Wildman–Crippen LogP) is 1.48. The Kier molecular flexibility index (Phi) is 4.40. The lowest BCUT2D eigenvalue weighted by atomic mass is 10.3. The minimum absolute atomic E-state index is 0.132. The maximum Gasteiger partial charge on any atom is 0.277 e. The van der Waals surface area contributed by atoms with Gasteiger partial charge in [0.2, 0.25) is 11.8 Å². The summed E-state index contributed by atoms with van der Waals surface area (Å²) in [5.74, 6) is -0.405. The first kappa shape index (κ1) is 13.4. The number of nitrogens with one attached hydrogen (secondary N) is 2. The van der Waals surface area contributed by atoms with Crippen LogP contribution in [0.1, 0.15) is 12.8 Å². The van der Waals surface area contributed by atoms with Crippen LogP contribution in [0, 0.1) is 0 Å². The van der Waals surface area contributed by atoms with Gasteiger partial charge in [-0.2, -0.15) is 0 Å². The molecule has 2 rings (SSSR count). The number of hydrogen-bond acceptors (Lipinski definition) is 5. The normalized spacial score (nSPS) is 10.4. The molecule has 0 radical (unpaired) electrons. The predicted molar refractivity (Wildman–Crippen MR) is 71.3 cm³/mol. The first-order chi connectivity index (χ1) is 9.19. The first-order valence-electron chi connectivity index (χ1n) is 5.71. The number of fused-ring (bicyclic) bond motifs is 1. The number of nitrogens with zero attached hydrogens (tertiary/aromatic N) is 1. The molecule has 0 aliphatic rings. The summed E-state index contributed by atoms with van der Waals surface area (Å²) in [6.45, 7) is 0. The van der Waals surface area contributed by atoms with Crippen molar-refractivity contribution in [1.29, 1.82) is 0 Å². The van der Waals surface area contributed by atoms with Crippen molar-refractivity contribution in [1.82, 2.24) is 15.0 Å². The van der Waals surface area contributed by atoms with E-state index in [4.69, 9.17) is 4.42 Å². The van der Waals surface area contributed by atoms with Crippen LogP contribution in [0.5, 0.6) is 0 Å². The van der Waals surface area contributed by atoms with Crippen molar-refractivity contribution in [3.63, 3.8) is 0 Å². The van der Waals surface area contributed by atoms with Crippen LogP contribution in [-0.4, -0.2) is 23.8 Å². The lowest BCUT2D eigenvalue weighted by molar-refractivity contribution is -0.125. The Labute approximate surface area is 114 Å². The molecular weight excluding hydrogens is 266 g/mol. The number of aromatic nitrogens is 1. The van der Waals surface area contributed by atoms with E-state index >= 15 is 0 Å². The molecule has 0 spiro atoms. The summed E-state index contributed by atoms with van der Waals surface area (Å²) in [7, 11) is 1.54. The molecule has 7 heteroatoms. The quantitative estimate of drug-likeness (QED) is 0.810. The zero-order chi connectivity index (χ0) is 13.7. The van der Waals surface area contributed by atoms with Crippen LogP contribution in [-0.2, 0) is 9.59 Å².